The number of nitriles is 1. The average Bonchev–Trinajstić information content (AvgIpc) is 2.47. The Morgan fingerprint density at radius 2 is 2.17 bits per heavy atom. The average molecular weight is 236 g/mol. The van der Waals surface area contributed by atoms with E-state index < -0.39 is 0 Å². The smallest absolute Gasteiger partial charge is 0.122 e. The molecule has 0 saturated heterocycles. The van der Waals surface area contributed by atoms with E-state index in [-0.39, 0.29) is 6.17 Å². The molecule has 0 bridgehead atoms. The van der Waals surface area contributed by atoms with Gasteiger partial charge >= 0.3 is 0 Å². The van der Waals surface area contributed by atoms with Crippen LogP contribution in [0.25, 0.3) is 0 Å². The van der Waals surface area contributed by atoms with E-state index in [1.54, 1.807) is 6.08 Å². The highest BCUT2D eigenvalue weighted by molar-refractivity contribution is 6.02. The molecule has 1 aromatic carbocycles. The second-order valence-electron chi connectivity index (χ2n) is 4.17. The van der Waals surface area contributed by atoms with Crippen molar-refractivity contribution in [2.45, 2.75) is 6.17 Å². The van der Waals surface area contributed by atoms with Gasteiger partial charge in [-0.1, -0.05) is 30.3 Å². The molecule has 4 heteroatoms. The molecule has 2 aliphatic heterocycles. The van der Waals surface area contributed by atoms with Gasteiger partial charge in [0.2, 0.25) is 0 Å². The Hall–Kier alpha value is -2.38. The van der Waals surface area contributed by atoms with Gasteiger partial charge in [-0.25, -0.2) is 0 Å². The molecule has 2 aliphatic rings. The maximum Gasteiger partial charge on any atom is 0.122 e. The molecule has 0 aromatic heterocycles. The van der Waals surface area contributed by atoms with Crippen molar-refractivity contribution in [1.29, 1.82) is 5.26 Å². The first kappa shape index (κ1) is 10.8. The SMILES string of the molecule is N#CC1=CC2NCC(c3ccccc3)=NN2C=C1. The summed E-state index contributed by atoms with van der Waals surface area (Å²) in [5, 5.41) is 18.6. The van der Waals surface area contributed by atoms with E-state index in [0.717, 1.165) is 11.3 Å². The van der Waals surface area contributed by atoms with Gasteiger partial charge in [-0.05, 0) is 17.7 Å². The number of hydrogen-bond acceptors (Lipinski definition) is 4. The third-order valence-corrected chi connectivity index (χ3v) is 2.98. The van der Waals surface area contributed by atoms with Gasteiger partial charge in [-0.15, -0.1) is 0 Å². The molecule has 18 heavy (non-hydrogen) atoms. The van der Waals surface area contributed by atoms with Gasteiger partial charge in [-0.2, -0.15) is 10.4 Å². The third kappa shape index (κ3) is 1.92. The van der Waals surface area contributed by atoms with E-state index >= 15 is 0 Å². The standard InChI is InChI=1S/C14H12N4/c15-9-11-6-7-18-14(8-11)16-10-13(17-18)12-4-2-1-3-5-12/h1-8,14,16H,10H2. The summed E-state index contributed by atoms with van der Waals surface area (Å²) in [5.41, 5.74) is 2.79. The Morgan fingerprint density at radius 3 is 2.94 bits per heavy atom. The number of nitrogens with one attached hydrogen (secondary N) is 1. The largest absolute Gasteiger partial charge is 0.287 e. The van der Waals surface area contributed by atoms with Crippen molar-refractivity contribution in [2.24, 2.45) is 5.10 Å². The van der Waals surface area contributed by atoms with Crippen molar-refractivity contribution in [1.82, 2.24) is 10.3 Å². The molecule has 0 saturated carbocycles. The van der Waals surface area contributed by atoms with Gasteiger partial charge in [0.05, 0.1) is 17.4 Å². The minimum atomic E-state index is -0.0166. The minimum absolute atomic E-state index is 0.0166. The third-order valence-electron chi connectivity index (χ3n) is 2.98. The van der Waals surface area contributed by atoms with Crippen molar-refractivity contribution in [2.75, 3.05) is 6.54 Å². The number of rotatable bonds is 1. The lowest BCUT2D eigenvalue weighted by Crippen LogP contribution is -2.47. The number of benzene rings is 1. The molecular formula is C14H12N4. The van der Waals surface area contributed by atoms with Crippen LogP contribution in [0.3, 0.4) is 0 Å². The van der Waals surface area contributed by atoms with E-state index in [1.807, 2.05) is 47.6 Å². The van der Waals surface area contributed by atoms with Crippen molar-refractivity contribution < 1.29 is 0 Å². The maximum atomic E-state index is 8.86. The van der Waals surface area contributed by atoms with Crippen LogP contribution >= 0.6 is 0 Å². The summed E-state index contributed by atoms with van der Waals surface area (Å²) in [5.74, 6) is 0. The highest BCUT2D eigenvalue weighted by Crippen LogP contribution is 2.16. The van der Waals surface area contributed by atoms with Gasteiger partial charge in [0, 0.05) is 12.7 Å². The Bertz CT molecular complexity index is 578. The molecule has 0 amide bonds. The fourth-order valence-corrected chi connectivity index (χ4v) is 2.04. The molecule has 4 nitrogen and oxygen atoms in total. The predicted molar refractivity (Wildman–Crippen MR) is 69.4 cm³/mol. The molecule has 3 rings (SSSR count). The van der Waals surface area contributed by atoms with Crippen molar-refractivity contribution >= 4 is 5.71 Å². The lowest BCUT2D eigenvalue weighted by molar-refractivity contribution is 0.278. The first-order chi connectivity index (χ1) is 8.86. The number of allylic oxidation sites excluding steroid dienone is 2. The Kier molecular flexibility index (Phi) is 2.67. The molecule has 1 N–H and O–H groups in total. The Labute approximate surface area is 106 Å². The van der Waals surface area contributed by atoms with Crippen LogP contribution in [0.15, 0.2) is 59.4 Å². The summed E-state index contributed by atoms with van der Waals surface area (Å²) < 4.78 is 0. The summed E-state index contributed by atoms with van der Waals surface area (Å²) in [6, 6.07) is 12.2. The fourth-order valence-electron chi connectivity index (χ4n) is 2.04. The van der Waals surface area contributed by atoms with E-state index in [0.29, 0.717) is 12.1 Å². The molecule has 0 radical (unpaired) electrons. The number of fused-ring (bicyclic) bond motifs is 1. The first-order valence-electron chi connectivity index (χ1n) is 5.81. The van der Waals surface area contributed by atoms with Crippen LogP contribution in [0.1, 0.15) is 5.56 Å². The highest BCUT2D eigenvalue weighted by atomic mass is 15.5. The second kappa shape index (κ2) is 4.47. The Balaban J connectivity index is 1.88. The number of hydrogen-bond donors (Lipinski definition) is 1. The molecule has 1 aromatic rings. The molecule has 0 fully saturated rings. The van der Waals surface area contributed by atoms with Crippen LogP contribution in [0.2, 0.25) is 0 Å². The van der Waals surface area contributed by atoms with Crippen LogP contribution < -0.4 is 5.32 Å². The van der Waals surface area contributed by atoms with Crippen LogP contribution in [0.4, 0.5) is 0 Å². The van der Waals surface area contributed by atoms with Gasteiger partial charge in [0.15, 0.2) is 0 Å². The summed E-state index contributed by atoms with van der Waals surface area (Å²) in [4.78, 5) is 0. The number of hydrazone groups is 1. The van der Waals surface area contributed by atoms with E-state index in [2.05, 4.69) is 16.5 Å². The van der Waals surface area contributed by atoms with Crippen LogP contribution in [0.5, 0.6) is 0 Å². The number of nitrogens with zero attached hydrogens (tertiary/aromatic N) is 3. The van der Waals surface area contributed by atoms with Gasteiger partial charge in [0.25, 0.3) is 0 Å². The molecule has 2 heterocycles. The van der Waals surface area contributed by atoms with Crippen LogP contribution in [0, 0.1) is 11.3 Å². The van der Waals surface area contributed by atoms with Crippen molar-refractivity contribution in [3.63, 3.8) is 0 Å². The molecular weight excluding hydrogens is 224 g/mol. The Morgan fingerprint density at radius 1 is 1.33 bits per heavy atom. The molecule has 0 aliphatic carbocycles. The maximum absolute atomic E-state index is 8.86. The monoisotopic (exact) mass is 236 g/mol. The zero-order chi connectivity index (χ0) is 12.4. The summed E-state index contributed by atoms with van der Waals surface area (Å²) in [7, 11) is 0. The molecule has 88 valence electrons. The minimum Gasteiger partial charge on any atom is -0.287 e. The zero-order valence-corrected chi connectivity index (χ0v) is 9.74. The highest BCUT2D eigenvalue weighted by Gasteiger charge is 2.22. The fraction of sp³-hybridized carbons (Fsp3) is 0.143. The van der Waals surface area contributed by atoms with E-state index in [4.69, 9.17) is 5.26 Å². The second-order valence-corrected chi connectivity index (χ2v) is 4.17. The topological polar surface area (TPSA) is 51.4 Å². The van der Waals surface area contributed by atoms with Gasteiger partial charge in [0.1, 0.15) is 6.17 Å². The molecule has 1 atom stereocenters. The van der Waals surface area contributed by atoms with Gasteiger partial charge < -0.3 is 0 Å². The van der Waals surface area contributed by atoms with E-state index in [1.165, 1.54) is 0 Å². The molecule has 1 unspecified atom stereocenters. The summed E-state index contributed by atoms with van der Waals surface area (Å²) in [6.45, 7) is 0.703. The zero-order valence-electron chi connectivity index (χ0n) is 9.74. The van der Waals surface area contributed by atoms with Crippen molar-refractivity contribution in [3.05, 3.63) is 59.8 Å². The molecule has 0 spiro atoms. The van der Waals surface area contributed by atoms with Crippen LogP contribution in [-0.4, -0.2) is 23.4 Å². The lowest BCUT2D eigenvalue weighted by atomic mass is 10.1. The lowest BCUT2D eigenvalue weighted by Gasteiger charge is -2.32. The van der Waals surface area contributed by atoms with Crippen LogP contribution in [-0.2, 0) is 0 Å². The van der Waals surface area contributed by atoms with Crippen molar-refractivity contribution in [3.8, 4) is 6.07 Å². The first-order valence-corrected chi connectivity index (χ1v) is 5.81. The quantitative estimate of drug-likeness (QED) is 0.805. The predicted octanol–water partition coefficient (Wildman–Crippen LogP) is 1.60. The normalized spacial score (nSPS) is 21.7. The van der Waals surface area contributed by atoms with E-state index in [9.17, 15) is 0 Å². The van der Waals surface area contributed by atoms with Gasteiger partial charge in [-0.3, -0.25) is 10.3 Å². The summed E-state index contributed by atoms with van der Waals surface area (Å²) in [6.07, 6.45) is 5.47. The summed E-state index contributed by atoms with van der Waals surface area (Å²) >= 11 is 0.